The predicted octanol–water partition coefficient (Wildman–Crippen LogP) is 3.98. The standard InChI is InChI=1S/C15H19BrO/c16-11-15(6-8-17-9-7-15)14-10-13(14)12-4-2-1-3-5-12/h1-5,13-14H,6-11H2. The van der Waals surface area contributed by atoms with Crippen molar-refractivity contribution >= 4 is 15.9 Å². The second-order valence-corrected chi connectivity index (χ2v) is 6.03. The van der Waals surface area contributed by atoms with Crippen molar-refractivity contribution in [2.45, 2.75) is 25.2 Å². The highest BCUT2D eigenvalue weighted by atomic mass is 79.9. The average molecular weight is 295 g/mol. The van der Waals surface area contributed by atoms with Gasteiger partial charge >= 0.3 is 0 Å². The molecule has 1 aliphatic heterocycles. The predicted molar refractivity (Wildman–Crippen MR) is 73.6 cm³/mol. The maximum absolute atomic E-state index is 5.52. The molecule has 1 nitrogen and oxygen atoms in total. The minimum atomic E-state index is 0.499. The van der Waals surface area contributed by atoms with E-state index >= 15 is 0 Å². The summed E-state index contributed by atoms with van der Waals surface area (Å²) < 4.78 is 5.52. The Labute approximate surface area is 112 Å². The number of rotatable bonds is 3. The smallest absolute Gasteiger partial charge is 0.0471 e. The first kappa shape index (κ1) is 11.7. The minimum Gasteiger partial charge on any atom is -0.381 e. The lowest BCUT2D eigenvalue weighted by Crippen LogP contribution is -2.33. The van der Waals surface area contributed by atoms with Crippen LogP contribution in [0.1, 0.15) is 30.7 Å². The molecular formula is C15H19BrO. The highest BCUT2D eigenvalue weighted by molar-refractivity contribution is 9.09. The van der Waals surface area contributed by atoms with E-state index in [9.17, 15) is 0 Å². The average Bonchev–Trinajstić information content (AvgIpc) is 3.21. The first-order valence-electron chi connectivity index (χ1n) is 6.54. The van der Waals surface area contributed by atoms with Crippen molar-refractivity contribution in [2.24, 2.45) is 11.3 Å². The zero-order chi connectivity index (χ0) is 11.7. The van der Waals surface area contributed by atoms with Crippen LogP contribution in [0.4, 0.5) is 0 Å². The number of ether oxygens (including phenoxy) is 1. The number of alkyl halides is 1. The summed E-state index contributed by atoms with van der Waals surface area (Å²) in [4.78, 5) is 0. The second-order valence-electron chi connectivity index (χ2n) is 5.47. The van der Waals surface area contributed by atoms with Crippen LogP contribution in [0.15, 0.2) is 30.3 Å². The van der Waals surface area contributed by atoms with Gasteiger partial charge in [0.2, 0.25) is 0 Å². The molecule has 1 aromatic rings. The van der Waals surface area contributed by atoms with Crippen molar-refractivity contribution in [3.8, 4) is 0 Å². The Balaban J connectivity index is 1.74. The lowest BCUT2D eigenvalue weighted by molar-refractivity contribution is 0.0150. The van der Waals surface area contributed by atoms with Gasteiger partial charge in [-0.1, -0.05) is 46.3 Å². The molecular weight excluding hydrogens is 276 g/mol. The molecule has 1 aromatic carbocycles. The molecule has 1 saturated heterocycles. The van der Waals surface area contributed by atoms with Gasteiger partial charge < -0.3 is 4.74 Å². The van der Waals surface area contributed by atoms with Crippen LogP contribution in [0.3, 0.4) is 0 Å². The van der Waals surface area contributed by atoms with E-state index in [4.69, 9.17) is 4.74 Å². The third kappa shape index (κ3) is 2.17. The molecule has 92 valence electrons. The molecule has 2 aliphatic rings. The molecule has 17 heavy (non-hydrogen) atoms. The highest BCUT2D eigenvalue weighted by Gasteiger charge is 2.52. The van der Waals surface area contributed by atoms with E-state index in [0.717, 1.165) is 30.4 Å². The molecule has 0 aromatic heterocycles. The Hall–Kier alpha value is -0.340. The quantitative estimate of drug-likeness (QED) is 0.766. The van der Waals surface area contributed by atoms with Crippen LogP contribution in [0.2, 0.25) is 0 Å². The third-order valence-electron chi connectivity index (χ3n) is 4.56. The van der Waals surface area contributed by atoms with Gasteiger partial charge in [-0.05, 0) is 42.1 Å². The number of hydrogen-bond acceptors (Lipinski definition) is 1. The maximum atomic E-state index is 5.52. The van der Waals surface area contributed by atoms with E-state index in [1.54, 1.807) is 0 Å². The van der Waals surface area contributed by atoms with E-state index in [1.807, 2.05) is 0 Å². The van der Waals surface area contributed by atoms with Crippen LogP contribution < -0.4 is 0 Å². The van der Waals surface area contributed by atoms with Gasteiger partial charge in [-0.2, -0.15) is 0 Å². The zero-order valence-corrected chi connectivity index (χ0v) is 11.7. The summed E-state index contributed by atoms with van der Waals surface area (Å²) in [6.07, 6.45) is 3.83. The summed E-state index contributed by atoms with van der Waals surface area (Å²) in [7, 11) is 0. The molecule has 1 saturated carbocycles. The summed E-state index contributed by atoms with van der Waals surface area (Å²) >= 11 is 3.75. The van der Waals surface area contributed by atoms with Crippen LogP contribution >= 0.6 is 15.9 Å². The van der Waals surface area contributed by atoms with Crippen LogP contribution in [-0.4, -0.2) is 18.5 Å². The van der Waals surface area contributed by atoms with Gasteiger partial charge in [-0.25, -0.2) is 0 Å². The second kappa shape index (κ2) is 4.74. The monoisotopic (exact) mass is 294 g/mol. The topological polar surface area (TPSA) is 9.23 Å². The van der Waals surface area contributed by atoms with Crippen molar-refractivity contribution in [3.63, 3.8) is 0 Å². The molecule has 0 amide bonds. The Morgan fingerprint density at radius 2 is 1.88 bits per heavy atom. The molecule has 0 bridgehead atoms. The highest BCUT2D eigenvalue weighted by Crippen LogP contribution is 2.60. The Bertz CT molecular complexity index is 370. The summed E-state index contributed by atoms with van der Waals surface area (Å²) in [5.41, 5.74) is 2.03. The van der Waals surface area contributed by atoms with Gasteiger partial charge in [-0.15, -0.1) is 0 Å². The van der Waals surface area contributed by atoms with Crippen molar-refractivity contribution in [1.29, 1.82) is 0 Å². The lowest BCUT2D eigenvalue weighted by atomic mass is 9.76. The van der Waals surface area contributed by atoms with Crippen LogP contribution in [0.5, 0.6) is 0 Å². The van der Waals surface area contributed by atoms with Crippen molar-refractivity contribution in [1.82, 2.24) is 0 Å². The maximum Gasteiger partial charge on any atom is 0.0471 e. The molecule has 0 N–H and O–H groups in total. The fraction of sp³-hybridized carbons (Fsp3) is 0.600. The van der Waals surface area contributed by atoms with Gasteiger partial charge in [0, 0.05) is 18.5 Å². The normalized spacial score (nSPS) is 31.1. The van der Waals surface area contributed by atoms with Crippen LogP contribution in [-0.2, 0) is 4.74 Å². The SMILES string of the molecule is BrCC1(C2CC2c2ccccc2)CCOCC1. The molecule has 0 spiro atoms. The van der Waals surface area contributed by atoms with Crippen molar-refractivity contribution in [2.75, 3.05) is 18.5 Å². The summed E-state index contributed by atoms with van der Waals surface area (Å²) in [6, 6.07) is 11.0. The lowest BCUT2D eigenvalue weighted by Gasteiger charge is -2.36. The van der Waals surface area contributed by atoms with E-state index in [2.05, 4.69) is 46.3 Å². The fourth-order valence-corrected chi connectivity index (χ4v) is 4.30. The molecule has 3 rings (SSSR count). The minimum absolute atomic E-state index is 0.499. The first-order valence-corrected chi connectivity index (χ1v) is 7.66. The van der Waals surface area contributed by atoms with Crippen molar-refractivity contribution < 1.29 is 4.74 Å². The molecule has 2 fully saturated rings. The summed E-state index contributed by atoms with van der Waals surface area (Å²) in [6.45, 7) is 1.90. The third-order valence-corrected chi connectivity index (χ3v) is 5.68. The largest absolute Gasteiger partial charge is 0.381 e. The Morgan fingerprint density at radius 3 is 2.53 bits per heavy atom. The van der Waals surface area contributed by atoms with Gasteiger partial charge in [0.1, 0.15) is 0 Å². The fourth-order valence-electron chi connectivity index (χ4n) is 3.32. The Morgan fingerprint density at radius 1 is 1.18 bits per heavy atom. The van der Waals surface area contributed by atoms with Gasteiger partial charge in [0.25, 0.3) is 0 Å². The van der Waals surface area contributed by atoms with Crippen molar-refractivity contribution in [3.05, 3.63) is 35.9 Å². The summed E-state index contributed by atoms with van der Waals surface area (Å²) in [5.74, 6) is 1.67. The van der Waals surface area contributed by atoms with Gasteiger partial charge in [0.05, 0.1) is 0 Å². The van der Waals surface area contributed by atoms with E-state index < -0.39 is 0 Å². The number of hydrogen-bond donors (Lipinski definition) is 0. The molecule has 2 atom stereocenters. The molecule has 1 heterocycles. The van der Waals surface area contributed by atoms with E-state index in [0.29, 0.717) is 5.41 Å². The number of halogens is 1. The zero-order valence-electron chi connectivity index (χ0n) is 10.1. The summed E-state index contributed by atoms with van der Waals surface area (Å²) in [5, 5.41) is 1.14. The van der Waals surface area contributed by atoms with Crippen LogP contribution in [0.25, 0.3) is 0 Å². The Kier molecular flexibility index (Phi) is 3.27. The van der Waals surface area contributed by atoms with E-state index in [1.165, 1.54) is 24.8 Å². The number of benzene rings is 1. The van der Waals surface area contributed by atoms with Gasteiger partial charge in [-0.3, -0.25) is 0 Å². The van der Waals surface area contributed by atoms with Crippen LogP contribution in [0, 0.1) is 11.3 Å². The molecule has 0 radical (unpaired) electrons. The van der Waals surface area contributed by atoms with Gasteiger partial charge in [0.15, 0.2) is 0 Å². The molecule has 1 aliphatic carbocycles. The first-order chi connectivity index (χ1) is 8.36. The molecule has 2 unspecified atom stereocenters. The van der Waals surface area contributed by atoms with E-state index in [-0.39, 0.29) is 0 Å². The molecule has 2 heteroatoms.